The molecule has 0 aliphatic heterocycles. The number of rotatable bonds is 7. The second kappa shape index (κ2) is 7.67. The van der Waals surface area contributed by atoms with Crippen molar-refractivity contribution in [2.45, 2.75) is 32.9 Å². The zero-order valence-electron chi connectivity index (χ0n) is 16.3. The Labute approximate surface area is 163 Å². The van der Waals surface area contributed by atoms with Crippen LogP contribution in [-0.2, 0) is 20.1 Å². The van der Waals surface area contributed by atoms with Crippen LogP contribution in [0.4, 0.5) is 11.8 Å². The lowest BCUT2D eigenvalue weighted by Gasteiger charge is -2.12. The molecule has 0 unspecified atom stereocenters. The maximum Gasteiger partial charge on any atom is 0.243 e. The van der Waals surface area contributed by atoms with E-state index in [0.717, 1.165) is 17.0 Å². The van der Waals surface area contributed by atoms with E-state index in [2.05, 4.69) is 56.8 Å². The molecular formula is C20H24N8. The molecule has 4 rings (SSSR count). The first-order chi connectivity index (χ1) is 13.6. The first kappa shape index (κ1) is 18.0. The Hall–Kier alpha value is -3.42. The maximum absolute atomic E-state index is 4.67. The predicted molar refractivity (Wildman–Crippen MR) is 109 cm³/mol. The van der Waals surface area contributed by atoms with E-state index in [0.29, 0.717) is 30.8 Å². The Morgan fingerprint density at radius 3 is 2.57 bits per heavy atom. The van der Waals surface area contributed by atoms with Crippen molar-refractivity contribution in [3.05, 3.63) is 65.7 Å². The highest BCUT2D eigenvalue weighted by Crippen LogP contribution is 2.21. The van der Waals surface area contributed by atoms with Gasteiger partial charge in [0.05, 0.1) is 24.1 Å². The summed E-state index contributed by atoms with van der Waals surface area (Å²) in [6.07, 6.45) is 3.65. The third-order valence-electron chi connectivity index (χ3n) is 4.63. The third-order valence-corrected chi connectivity index (χ3v) is 4.63. The summed E-state index contributed by atoms with van der Waals surface area (Å²) in [5.41, 5.74) is 4.01. The van der Waals surface area contributed by atoms with Crippen molar-refractivity contribution >= 4 is 17.4 Å². The fourth-order valence-corrected chi connectivity index (χ4v) is 3.01. The molecule has 8 nitrogen and oxygen atoms in total. The Bertz CT molecular complexity index is 1060. The van der Waals surface area contributed by atoms with Crippen molar-refractivity contribution in [3.8, 4) is 0 Å². The predicted octanol–water partition coefficient (Wildman–Crippen LogP) is 3.21. The van der Waals surface area contributed by atoms with Crippen LogP contribution in [0.3, 0.4) is 0 Å². The second-order valence-corrected chi connectivity index (χ2v) is 7.00. The molecule has 3 aromatic heterocycles. The molecule has 0 bridgehead atoms. The molecule has 0 atom stereocenters. The van der Waals surface area contributed by atoms with Gasteiger partial charge >= 0.3 is 0 Å². The Kier molecular flexibility index (Phi) is 4.92. The molecular weight excluding hydrogens is 352 g/mol. The van der Waals surface area contributed by atoms with Crippen LogP contribution in [0.15, 0.2) is 48.8 Å². The number of hydrogen-bond donors (Lipinski definition) is 2. The lowest BCUT2D eigenvalue weighted by Crippen LogP contribution is -2.13. The lowest BCUT2D eigenvalue weighted by molar-refractivity contribution is 0.714. The molecule has 1 aromatic carbocycles. The molecule has 0 fully saturated rings. The smallest absolute Gasteiger partial charge is 0.243 e. The van der Waals surface area contributed by atoms with Crippen LogP contribution in [-0.4, -0.2) is 29.4 Å². The summed E-state index contributed by atoms with van der Waals surface area (Å²) in [5.74, 6) is 1.55. The zero-order valence-corrected chi connectivity index (χ0v) is 16.3. The van der Waals surface area contributed by atoms with Gasteiger partial charge in [-0.3, -0.25) is 4.68 Å². The lowest BCUT2D eigenvalue weighted by atomic mass is 10.2. The van der Waals surface area contributed by atoms with Gasteiger partial charge in [0.2, 0.25) is 5.95 Å². The highest BCUT2D eigenvalue weighted by molar-refractivity contribution is 5.64. The first-order valence-corrected chi connectivity index (χ1v) is 9.36. The van der Waals surface area contributed by atoms with Crippen LogP contribution >= 0.6 is 0 Å². The van der Waals surface area contributed by atoms with E-state index in [1.807, 2.05) is 46.7 Å². The molecule has 0 radical (unpaired) electrons. The number of fused-ring (bicyclic) bond motifs is 1. The van der Waals surface area contributed by atoms with Crippen molar-refractivity contribution in [2.75, 3.05) is 10.6 Å². The standard InChI is InChI=1S/C20H24N8/c1-14(2)17-13-22-19-18(21-11-15-7-5-4-6-8-15)25-20(26-28(17)19)23-12-16-9-10-24-27(16)3/h4-10,13-14H,11-12H2,1-3H3,(H2,21,23,25,26). The summed E-state index contributed by atoms with van der Waals surface area (Å²) in [5, 5.41) is 15.6. The van der Waals surface area contributed by atoms with Crippen LogP contribution in [0.25, 0.3) is 5.65 Å². The van der Waals surface area contributed by atoms with Gasteiger partial charge in [-0.15, -0.1) is 5.10 Å². The molecule has 28 heavy (non-hydrogen) atoms. The molecule has 0 saturated heterocycles. The Morgan fingerprint density at radius 1 is 1.04 bits per heavy atom. The van der Waals surface area contributed by atoms with E-state index in [4.69, 9.17) is 0 Å². The van der Waals surface area contributed by atoms with E-state index in [9.17, 15) is 0 Å². The number of nitrogens with zero attached hydrogens (tertiary/aromatic N) is 6. The summed E-state index contributed by atoms with van der Waals surface area (Å²) >= 11 is 0. The number of aromatic nitrogens is 6. The molecule has 0 aliphatic rings. The highest BCUT2D eigenvalue weighted by atomic mass is 15.4. The molecule has 0 spiro atoms. The van der Waals surface area contributed by atoms with Gasteiger partial charge in [0.25, 0.3) is 0 Å². The molecule has 3 heterocycles. The van der Waals surface area contributed by atoms with E-state index in [1.165, 1.54) is 5.56 Å². The zero-order chi connectivity index (χ0) is 19.5. The fraction of sp³-hybridized carbons (Fsp3) is 0.300. The van der Waals surface area contributed by atoms with Crippen molar-refractivity contribution < 1.29 is 0 Å². The minimum Gasteiger partial charge on any atom is -0.363 e. The fourth-order valence-electron chi connectivity index (χ4n) is 3.01. The third kappa shape index (κ3) is 3.66. The summed E-state index contributed by atoms with van der Waals surface area (Å²) in [6, 6.07) is 12.2. The Balaban J connectivity index is 1.64. The van der Waals surface area contributed by atoms with Gasteiger partial charge in [-0.2, -0.15) is 10.1 Å². The summed E-state index contributed by atoms with van der Waals surface area (Å²) in [4.78, 5) is 9.22. The van der Waals surface area contributed by atoms with Crippen LogP contribution < -0.4 is 10.6 Å². The number of nitrogens with one attached hydrogen (secondary N) is 2. The van der Waals surface area contributed by atoms with Gasteiger partial charge in [-0.25, -0.2) is 9.50 Å². The van der Waals surface area contributed by atoms with E-state index in [-0.39, 0.29) is 0 Å². The largest absolute Gasteiger partial charge is 0.363 e. The molecule has 8 heteroatoms. The van der Waals surface area contributed by atoms with Crippen LogP contribution in [0.5, 0.6) is 0 Å². The first-order valence-electron chi connectivity index (χ1n) is 9.36. The summed E-state index contributed by atoms with van der Waals surface area (Å²) in [7, 11) is 1.92. The van der Waals surface area contributed by atoms with Crippen LogP contribution in [0, 0.1) is 0 Å². The van der Waals surface area contributed by atoms with Gasteiger partial charge < -0.3 is 10.6 Å². The maximum atomic E-state index is 4.67. The molecule has 0 aliphatic carbocycles. The second-order valence-electron chi connectivity index (χ2n) is 7.00. The topological polar surface area (TPSA) is 85.0 Å². The summed E-state index contributed by atoms with van der Waals surface area (Å²) < 4.78 is 3.70. The quantitative estimate of drug-likeness (QED) is 0.515. The minimum atomic E-state index is 0.303. The van der Waals surface area contributed by atoms with Crippen LogP contribution in [0.2, 0.25) is 0 Å². The van der Waals surface area contributed by atoms with E-state index < -0.39 is 0 Å². The molecule has 144 valence electrons. The van der Waals surface area contributed by atoms with Crippen molar-refractivity contribution in [2.24, 2.45) is 7.05 Å². The van der Waals surface area contributed by atoms with Crippen LogP contribution in [0.1, 0.15) is 36.7 Å². The number of anilines is 2. The average Bonchev–Trinajstić information content (AvgIpc) is 3.31. The molecule has 4 aromatic rings. The van der Waals surface area contributed by atoms with Crippen molar-refractivity contribution in [1.82, 2.24) is 29.4 Å². The average molecular weight is 376 g/mol. The normalized spacial score (nSPS) is 11.3. The minimum absolute atomic E-state index is 0.303. The summed E-state index contributed by atoms with van der Waals surface area (Å²) in [6.45, 7) is 5.52. The van der Waals surface area contributed by atoms with E-state index in [1.54, 1.807) is 6.20 Å². The Morgan fingerprint density at radius 2 is 1.86 bits per heavy atom. The van der Waals surface area contributed by atoms with Crippen molar-refractivity contribution in [3.63, 3.8) is 0 Å². The number of aryl methyl sites for hydroxylation is 1. The molecule has 2 N–H and O–H groups in total. The molecule has 0 amide bonds. The van der Waals surface area contributed by atoms with Gasteiger partial charge in [-0.1, -0.05) is 44.2 Å². The highest BCUT2D eigenvalue weighted by Gasteiger charge is 2.15. The number of benzene rings is 1. The van der Waals surface area contributed by atoms with Gasteiger partial charge in [0.1, 0.15) is 0 Å². The van der Waals surface area contributed by atoms with Gasteiger partial charge in [0, 0.05) is 19.8 Å². The van der Waals surface area contributed by atoms with Gasteiger partial charge in [-0.05, 0) is 17.5 Å². The van der Waals surface area contributed by atoms with Gasteiger partial charge in [0.15, 0.2) is 11.5 Å². The monoisotopic (exact) mass is 376 g/mol. The number of imidazole rings is 1. The molecule has 0 saturated carbocycles. The number of hydrogen-bond acceptors (Lipinski definition) is 6. The van der Waals surface area contributed by atoms with E-state index >= 15 is 0 Å². The van der Waals surface area contributed by atoms with Crippen molar-refractivity contribution in [1.29, 1.82) is 0 Å². The SMILES string of the molecule is CC(C)c1cnc2c(NCc3ccccc3)nc(NCc3ccnn3C)nn12.